The lowest BCUT2D eigenvalue weighted by atomic mass is 9.91. The van der Waals surface area contributed by atoms with E-state index in [1.807, 2.05) is 26.8 Å². The van der Waals surface area contributed by atoms with Crippen LogP contribution in [0, 0.1) is 12.7 Å². The maximum atomic E-state index is 15.4. The molecule has 0 spiro atoms. The van der Waals surface area contributed by atoms with Crippen molar-refractivity contribution in [2.24, 2.45) is 0 Å². The molecule has 0 radical (unpaired) electrons. The van der Waals surface area contributed by atoms with Gasteiger partial charge < -0.3 is 25.0 Å². The maximum absolute atomic E-state index is 15.4. The minimum absolute atomic E-state index is 0.00165. The van der Waals surface area contributed by atoms with Crippen LogP contribution in [0.5, 0.6) is 0 Å². The van der Waals surface area contributed by atoms with Crippen molar-refractivity contribution in [2.45, 2.75) is 71.6 Å². The number of carbonyl (C=O) groups is 1. The molecule has 0 bridgehead atoms. The molecule has 9 nitrogen and oxygen atoms in total. The number of nitrogens with zero attached hydrogens (tertiary/aromatic N) is 5. The number of pyridine rings is 1. The predicted molar refractivity (Wildman–Crippen MR) is 151 cm³/mol. The van der Waals surface area contributed by atoms with E-state index in [0.717, 1.165) is 25.6 Å². The van der Waals surface area contributed by atoms with E-state index in [9.17, 15) is 18.7 Å². The summed E-state index contributed by atoms with van der Waals surface area (Å²) in [5.74, 6) is -4.10. The summed E-state index contributed by atoms with van der Waals surface area (Å²) in [7, 11) is 0. The summed E-state index contributed by atoms with van der Waals surface area (Å²) in [5, 5.41) is 13.7. The van der Waals surface area contributed by atoms with Crippen LogP contribution in [0.2, 0.25) is 0 Å². The molecule has 2 N–H and O–H groups in total. The number of nitrogens with one attached hydrogen (secondary N) is 1. The van der Waals surface area contributed by atoms with Gasteiger partial charge in [0.05, 0.1) is 28.9 Å². The highest BCUT2D eigenvalue weighted by atomic mass is 19.3. The Bertz CT molecular complexity index is 1430. The summed E-state index contributed by atoms with van der Waals surface area (Å²) in [5.41, 5.74) is -2.69. The van der Waals surface area contributed by atoms with E-state index < -0.39 is 34.5 Å². The molecule has 3 aromatic rings. The SMILES string of the molecule is Cc1nc(N[C@H](C)c2cccc(C(F)(F)C(C)(C)O)c2F)c2cc(N3CCN(C(=O)OC(C)(C)C)CC3)cnc2n1. The fraction of sp³-hybridized carbons (Fsp3) is 0.517. The summed E-state index contributed by atoms with van der Waals surface area (Å²) in [6.07, 6.45) is 1.35. The van der Waals surface area contributed by atoms with Crippen LogP contribution in [0.25, 0.3) is 11.0 Å². The van der Waals surface area contributed by atoms with Crippen LogP contribution in [-0.4, -0.2) is 68.4 Å². The van der Waals surface area contributed by atoms with Gasteiger partial charge in [-0.2, -0.15) is 8.78 Å². The van der Waals surface area contributed by atoms with Gasteiger partial charge in [0.2, 0.25) is 0 Å². The maximum Gasteiger partial charge on any atom is 0.410 e. The number of halogens is 3. The van der Waals surface area contributed by atoms with Gasteiger partial charge in [0.25, 0.3) is 0 Å². The second-order valence-corrected chi connectivity index (χ2v) is 11.8. The first-order valence-electron chi connectivity index (χ1n) is 13.5. The molecule has 12 heteroatoms. The quantitative estimate of drug-likeness (QED) is 0.394. The second kappa shape index (κ2) is 11.0. The molecule has 2 aromatic heterocycles. The predicted octanol–water partition coefficient (Wildman–Crippen LogP) is 5.57. The molecule has 1 amide bonds. The molecule has 0 aliphatic carbocycles. The monoisotopic (exact) mass is 574 g/mol. The summed E-state index contributed by atoms with van der Waals surface area (Å²) in [4.78, 5) is 29.6. The Morgan fingerprint density at radius 2 is 1.76 bits per heavy atom. The standard InChI is InChI=1S/C29H37F3N6O3/c1-17(20-9-8-10-22(23(20)30)29(31,32)28(6,7)40)34-25-21-15-19(16-33-24(21)35-18(2)36-25)37-11-13-38(14-12-37)26(39)41-27(3,4)5/h8-10,15-17,40H,11-14H2,1-7H3,(H,33,34,35,36)/t17-/m1/s1. The fourth-order valence-corrected chi connectivity index (χ4v) is 4.61. The Morgan fingerprint density at radius 3 is 2.37 bits per heavy atom. The van der Waals surface area contributed by atoms with Crippen LogP contribution >= 0.6 is 0 Å². The number of fused-ring (bicyclic) bond motifs is 1. The van der Waals surface area contributed by atoms with Crippen LogP contribution in [-0.2, 0) is 10.7 Å². The number of hydrogen-bond donors (Lipinski definition) is 2. The Kier molecular flexibility index (Phi) is 8.10. The van der Waals surface area contributed by atoms with Gasteiger partial charge in [0, 0.05) is 31.7 Å². The van der Waals surface area contributed by atoms with Crippen LogP contribution in [0.3, 0.4) is 0 Å². The van der Waals surface area contributed by atoms with E-state index in [0.29, 0.717) is 48.9 Å². The third-order valence-corrected chi connectivity index (χ3v) is 6.90. The fourth-order valence-electron chi connectivity index (χ4n) is 4.61. The van der Waals surface area contributed by atoms with E-state index in [1.54, 1.807) is 24.9 Å². The molecular weight excluding hydrogens is 537 g/mol. The molecule has 1 aliphatic rings. The van der Waals surface area contributed by atoms with E-state index in [2.05, 4.69) is 25.2 Å². The molecule has 222 valence electrons. The Morgan fingerprint density at radius 1 is 1.10 bits per heavy atom. The van der Waals surface area contributed by atoms with Gasteiger partial charge in [0.15, 0.2) is 5.65 Å². The molecule has 4 rings (SSSR count). The first-order chi connectivity index (χ1) is 19.0. The number of aryl methyl sites for hydroxylation is 1. The molecule has 1 aromatic carbocycles. The number of aliphatic hydroxyl groups is 1. The van der Waals surface area contributed by atoms with E-state index in [4.69, 9.17) is 4.74 Å². The summed E-state index contributed by atoms with van der Waals surface area (Å²) < 4.78 is 50.6. The highest BCUT2D eigenvalue weighted by Gasteiger charge is 2.49. The lowest BCUT2D eigenvalue weighted by molar-refractivity contribution is -0.170. The number of hydrogen-bond acceptors (Lipinski definition) is 8. The zero-order valence-corrected chi connectivity index (χ0v) is 24.4. The highest BCUT2D eigenvalue weighted by Crippen LogP contribution is 2.41. The zero-order chi connectivity index (χ0) is 30.3. The molecule has 1 fully saturated rings. The van der Waals surface area contributed by atoms with E-state index >= 15 is 4.39 Å². The van der Waals surface area contributed by atoms with Crippen molar-refractivity contribution in [1.29, 1.82) is 0 Å². The number of amides is 1. The minimum Gasteiger partial charge on any atom is -0.444 e. The molecule has 0 unspecified atom stereocenters. The number of benzene rings is 1. The van der Waals surface area contributed by atoms with Crippen molar-refractivity contribution < 1.29 is 27.8 Å². The number of carbonyl (C=O) groups excluding carboxylic acids is 1. The van der Waals surface area contributed by atoms with Crippen LogP contribution in [0.15, 0.2) is 30.5 Å². The summed E-state index contributed by atoms with van der Waals surface area (Å²) in [6.45, 7) is 12.8. The van der Waals surface area contributed by atoms with Crippen molar-refractivity contribution in [1.82, 2.24) is 19.9 Å². The number of piperazine rings is 1. The first kappa shape index (κ1) is 30.3. The topological polar surface area (TPSA) is 104 Å². The number of anilines is 2. The normalized spacial score (nSPS) is 15.7. The van der Waals surface area contributed by atoms with Crippen molar-refractivity contribution in [2.75, 3.05) is 36.4 Å². The summed E-state index contributed by atoms with van der Waals surface area (Å²) >= 11 is 0. The van der Waals surface area contributed by atoms with Crippen molar-refractivity contribution in [3.63, 3.8) is 0 Å². The minimum atomic E-state index is -3.81. The lowest BCUT2D eigenvalue weighted by Gasteiger charge is -2.36. The third kappa shape index (κ3) is 6.47. The Balaban J connectivity index is 1.59. The first-order valence-corrected chi connectivity index (χ1v) is 13.5. The zero-order valence-electron chi connectivity index (χ0n) is 24.4. The van der Waals surface area contributed by atoms with Crippen molar-refractivity contribution >= 4 is 28.6 Å². The lowest BCUT2D eigenvalue weighted by Crippen LogP contribution is -2.50. The molecule has 1 saturated heterocycles. The summed E-state index contributed by atoms with van der Waals surface area (Å²) in [6, 6.07) is 4.85. The molecule has 3 heterocycles. The van der Waals surface area contributed by atoms with E-state index in [1.165, 1.54) is 12.1 Å². The van der Waals surface area contributed by atoms with Gasteiger partial charge in [-0.15, -0.1) is 0 Å². The number of ether oxygens (including phenoxy) is 1. The largest absolute Gasteiger partial charge is 0.444 e. The van der Waals surface area contributed by atoms with Gasteiger partial charge in [0.1, 0.15) is 28.7 Å². The van der Waals surface area contributed by atoms with Crippen LogP contribution < -0.4 is 10.2 Å². The van der Waals surface area contributed by atoms with Crippen LogP contribution in [0.1, 0.15) is 64.5 Å². The van der Waals surface area contributed by atoms with Crippen LogP contribution in [0.4, 0.5) is 29.5 Å². The smallest absolute Gasteiger partial charge is 0.410 e. The van der Waals surface area contributed by atoms with Gasteiger partial charge in [-0.25, -0.2) is 24.1 Å². The molecule has 41 heavy (non-hydrogen) atoms. The average molecular weight is 575 g/mol. The molecule has 1 atom stereocenters. The van der Waals surface area contributed by atoms with Gasteiger partial charge >= 0.3 is 12.0 Å². The molecule has 1 aliphatic heterocycles. The van der Waals surface area contributed by atoms with Gasteiger partial charge in [-0.1, -0.05) is 12.1 Å². The third-order valence-electron chi connectivity index (χ3n) is 6.90. The van der Waals surface area contributed by atoms with E-state index in [-0.39, 0.29) is 11.7 Å². The van der Waals surface area contributed by atoms with Crippen molar-refractivity contribution in [3.8, 4) is 0 Å². The Hall–Kier alpha value is -3.67. The van der Waals surface area contributed by atoms with Gasteiger partial charge in [-0.05, 0) is 60.6 Å². The van der Waals surface area contributed by atoms with Gasteiger partial charge in [-0.3, -0.25) is 0 Å². The second-order valence-electron chi connectivity index (χ2n) is 11.8. The molecular formula is C29H37F3N6O3. The number of aromatic nitrogens is 3. The number of alkyl halides is 2. The number of rotatable bonds is 6. The average Bonchev–Trinajstić information content (AvgIpc) is 2.87. The van der Waals surface area contributed by atoms with Crippen molar-refractivity contribution in [3.05, 3.63) is 53.2 Å². The Labute approximate surface area is 237 Å². The molecule has 0 saturated carbocycles. The highest BCUT2D eigenvalue weighted by molar-refractivity contribution is 5.89.